The molecule has 2 nitrogen and oxygen atoms in total. The third-order valence-electron chi connectivity index (χ3n) is 2.62. The second-order valence-corrected chi connectivity index (χ2v) is 3.81. The van der Waals surface area contributed by atoms with Gasteiger partial charge in [0, 0.05) is 5.92 Å². The van der Waals surface area contributed by atoms with Gasteiger partial charge in [-0.2, -0.15) is 0 Å². The number of ether oxygens (including phenoxy) is 2. The van der Waals surface area contributed by atoms with Crippen molar-refractivity contribution >= 4 is 6.08 Å². The second-order valence-electron chi connectivity index (χ2n) is 3.81. The van der Waals surface area contributed by atoms with Gasteiger partial charge in [-0.05, 0) is 24.1 Å². The normalized spacial score (nSPS) is 15.7. The Morgan fingerprint density at radius 2 is 2.07 bits per heavy atom. The third-order valence-corrected chi connectivity index (χ3v) is 2.62. The predicted octanol–water partition coefficient (Wildman–Crippen LogP) is 2.74. The van der Waals surface area contributed by atoms with Gasteiger partial charge in [0.05, 0.1) is 19.8 Å². The van der Waals surface area contributed by atoms with Crippen molar-refractivity contribution in [3.8, 4) is 5.75 Å². The predicted molar refractivity (Wildman–Crippen MR) is 61.0 cm³/mol. The SMILES string of the molecule is C=Cc1ccc(OCCC2COC2)cc1. The summed E-state index contributed by atoms with van der Waals surface area (Å²) in [5, 5.41) is 0. The fourth-order valence-electron chi connectivity index (χ4n) is 1.49. The molecule has 0 radical (unpaired) electrons. The first kappa shape index (κ1) is 10.2. The monoisotopic (exact) mass is 204 g/mol. The molecule has 0 unspecified atom stereocenters. The molecule has 0 N–H and O–H groups in total. The molecule has 0 spiro atoms. The molecule has 0 aromatic heterocycles. The van der Waals surface area contributed by atoms with Gasteiger partial charge in [0.2, 0.25) is 0 Å². The van der Waals surface area contributed by atoms with E-state index >= 15 is 0 Å². The molecule has 1 heterocycles. The summed E-state index contributed by atoms with van der Waals surface area (Å²) in [6.07, 6.45) is 2.92. The van der Waals surface area contributed by atoms with Gasteiger partial charge in [-0.3, -0.25) is 0 Å². The van der Waals surface area contributed by atoms with E-state index in [-0.39, 0.29) is 0 Å². The highest BCUT2D eigenvalue weighted by molar-refractivity contribution is 5.48. The van der Waals surface area contributed by atoms with Crippen LogP contribution in [0, 0.1) is 5.92 Å². The summed E-state index contributed by atoms with van der Waals surface area (Å²) in [6.45, 7) is 6.29. The van der Waals surface area contributed by atoms with E-state index in [1.54, 1.807) is 0 Å². The summed E-state index contributed by atoms with van der Waals surface area (Å²) < 4.78 is 10.7. The van der Waals surface area contributed by atoms with Crippen LogP contribution in [0.2, 0.25) is 0 Å². The van der Waals surface area contributed by atoms with Gasteiger partial charge in [-0.1, -0.05) is 24.8 Å². The molecular weight excluding hydrogens is 188 g/mol. The van der Waals surface area contributed by atoms with Crippen LogP contribution < -0.4 is 4.74 Å². The molecule has 0 amide bonds. The van der Waals surface area contributed by atoms with E-state index in [0.717, 1.165) is 37.6 Å². The van der Waals surface area contributed by atoms with Crippen molar-refractivity contribution in [3.05, 3.63) is 36.4 Å². The van der Waals surface area contributed by atoms with Crippen molar-refractivity contribution in [1.29, 1.82) is 0 Å². The Morgan fingerprint density at radius 1 is 1.33 bits per heavy atom. The largest absolute Gasteiger partial charge is 0.494 e. The van der Waals surface area contributed by atoms with Crippen LogP contribution in [0.1, 0.15) is 12.0 Å². The summed E-state index contributed by atoms with van der Waals surface area (Å²) in [6, 6.07) is 7.98. The molecular formula is C13H16O2. The van der Waals surface area contributed by atoms with E-state index in [9.17, 15) is 0 Å². The molecule has 1 aliphatic rings. The average Bonchev–Trinajstić information content (AvgIpc) is 2.23. The Morgan fingerprint density at radius 3 is 2.60 bits per heavy atom. The highest BCUT2D eigenvalue weighted by atomic mass is 16.5. The molecule has 0 bridgehead atoms. The quantitative estimate of drug-likeness (QED) is 0.734. The molecule has 1 aliphatic heterocycles. The summed E-state index contributed by atoms with van der Waals surface area (Å²) in [7, 11) is 0. The van der Waals surface area contributed by atoms with E-state index in [0.29, 0.717) is 5.92 Å². The summed E-state index contributed by atoms with van der Waals surface area (Å²) in [4.78, 5) is 0. The van der Waals surface area contributed by atoms with Crippen LogP contribution >= 0.6 is 0 Å². The van der Waals surface area contributed by atoms with Gasteiger partial charge in [0.1, 0.15) is 5.75 Å². The van der Waals surface area contributed by atoms with E-state index in [2.05, 4.69) is 6.58 Å². The number of rotatable bonds is 5. The fraction of sp³-hybridized carbons (Fsp3) is 0.385. The van der Waals surface area contributed by atoms with E-state index < -0.39 is 0 Å². The molecule has 1 saturated heterocycles. The van der Waals surface area contributed by atoms with Gasteiger partial charge < -0.3 is 9.47 Å². The maximum absolute atomic E-state index is 5.62. The van der Waals surface area contributed by atoms with Crippen LogP contribution in [-0.4, -0.2) is 19.8 Å². The van der Waals surface area contributed by atoms with Crippen molar-refractivity contribution in [2.24, 2.45) is 5.92 Å². The fourth-order valence-corrected chi connectivity index (χ4v) is 1.49. The Bertz CT molecular complexity index is 312. The van der Waals surface area contributed by atoms with Crippen molar-refractivity contribution in [1.82, 2.24) is 0 Å². The first-order chi connectivity index (χ1) is 7.38. The van der Waals surface area contributed by atoms with Gasteiger partial charge in [-0.25, -0.2) is 0 Å². The standard InChI is InChI=1S/C13H16O2/c1-2-11-3-5-13(6-4-11)15-8-7-12-9-14-10-12/h2-6,12H,1,7-10H2. The number of benzene rings is 1. The van der Waals surface area contributed by atoms with Gasteiger partial charge in [0.15, 0.2) is 0 Å². The molecule has 1 aromatic carbocycles. The smallest absolute Gasteiger partial charge is 0.119 e. The minimum Gasteiger partial charge on any atom is -0.494 e. The molecule has 0 saturated carbocycles. The minimum atomic E-state index is 0.706. The summed E-state index contributed by atoms with van der Waals surface area (Å²) >= 11 is 0. The van der Waals surface area contributed by atoms with E-state index in [1.165, 1.54) is 0 Å². The van der Waals surface area contributed by atoms with Gasteiger partial charge >= 0.3 is 0 Å². The zero-order chi connectivity index (χ0) is 10.5. The molecule has 1 fully saturated rings. The van der Waals surface area contributed by atoms with Crippen LogP contribution in [0.15, 0.2) is 30.8 Å². The zero-order valence-corrected chi connectivity index (χ0v) is 8.82. The lowest BCUT2D eigenvalue weighted by Crippen LogP contribution is -2.28. The lowest BCUT2D eigenvalue weighted by Gasteiger charge is -2.25. The summed E-state index contributed by atoms with van der Waals surface area (Å²) in [5.41, 5.74) is 1.12. The molecule has 15 heavy (non-hydrogen) atoms. The maximum Gasteiger partial charge on any atom is 0.119 e. The molecule has 0 atom stereocenters. The Labute approximate surface area is 90.5 Å². The van der Waals surface area contributed by atoms with Crippen LogP contribution in [0.4, 0.5) is 0 Å². The third kappa shape index (κ3) is 2.83. The van der Waals surface area contributed by atoms with Crippen molar-refractivity contribution < 1.29 is 9.47 Å². The Hall–Kier alpha value is -1.28. The van der Waals surface area contributed by atoms with Crippen LogP contribution in [-0.2, 0) is 4.74 Å². The maximum atomic E-state index is 5.62. The highest BCUT2D eigenvalue weighted by Crippen LogP contribution is 2.17. The van der Waals surface area contributed by atoms with E-state index in [1.807, 2.05) is 30.3 Å². The second kappa shape index (κ2) is 4.99. The van der Waals surface area contributed by atoms with Gasteiger partial charge in [-0.15, -0.1) is 0 Å². The van der Waals surface area contributed by atoms with Gasteiger partial charge in [0.25, 0.3) is 0 Å². The topological polar surface area (TPSA) is 18.5 Å². The van der Waals surface area contributed by atoms with E-state index in [4.69, 9.17) is 9.47 Å². The Kier molecular flexibility index (Phi) is 3.41. The van der Waals surface area contributed by atoms with Crippen LogP contribution in [0.25, 0.3) is 6.08 Å². The lowest BCUT2D eigenvalue weighted by atomic mass is 10.1. The molecule has 1 aromatic rings. The molecule has 2 heteroatoms. The number of hydrogen-bond donors (Lipinski definition) is 0. The molecule has 80 valence electrons. The van der Waals surface area contributed by atoms with Crippen molar-refractivity contribution in [2.45, 2.75) is 6.42 Å². The number of hydrogen-bond acceptors (Lipinski definition) is 2. The molecule has 0 aliphatic carbocycles. The highest BCUT2D eigenvalue weighted by Gasteiger charge is 2.17. The lowest BCUT2D eigenvalue weighted by molar-refractivity contribution is -0.0401. The van der Waals surface area contributed by atoms with Crippen LogP contribution in [0.3, 0.4) is 0 Å². The van der Waals surface area contributed by atoms with Crippen molar-refractivity contribution in [2.75, 3.05) is 19.8 Å². The average molecular weight is 204 g/mol. The molecule has 2 rings (SSSR count). The summed E-state index contributed by atoms with van der Waals surface area (Å²) in [5.74, 6) is 1.64. The zero-order valence-electron chi connectivity index (χ0n) is 8.82. The first-order valence-electron chi connectivity index (χ1n) is 5.31. The first-order valence-corrected chi connectivity index (χ1v) is 5.31. The van der Waals surface area contributed by atoms with Crippen molar-refractivity contribution in [3.63, 3.8) is 0 Å². The Balaban J connectivity index is 1.74. The minimum absolute atomic E-state index is 0.706. The van der Waals surface area contributed by atoms with Crippen LogP contribution in [0.5, 0.6) is 5.75 Å².